The third kappa shape index (κ3) is 5.34. The molecule has 1 heterocycles. The van der Waals surface area contributed by atoms with Crippen molar-refractivity contribution in [1.29, 1.82) is 0 Å². The monoisotopic (exact) mass is 436 g/mol. The summed E-state index contributed by atoms with van der Waals surface area (Å²) in [6.07, 6.45) is 9.48. The number of anilines is 1. The third-order valence-electron chi connectivity index (χ3n) is 7.03. The van der Waals surface area contributed by atoms with Crippen LogP contribution in [0.2, 0.25) is 0 Å². The molecule has 3 amide bonds. The predicted molar refractivity (Wildman–Crippen MR) is 127 cm³/mol. The van der Waals surface area contributed by atoms with Gasteiger partial charge >= 0.3 is 6.03 Å². The molecular weight excluding hydrogens is 400 g/mol. The lowest BCUT2D eigenvalue weighted by Gasteiger charge is -2.35. The highest BCUT2D eigenvalue weighted by Crippen LogP contribution is 2.30. The van der Waals surface area contributed by atoms with E-state index in [1.54, 1.807) is 4.90 Å². The molecule has 2 aliphatic rings. The first-order valence-electron chi connectivity index (χ1n) is 12.0. The summed E-state index contributed by atoms with van der Waals surface area (Å²) < 4.78 is 2.06. The summed E-state index contributed by atoms with van der Waals surface area (Å²) >= 11 is 0. The summed E-state index contributed by atoms with van der Waals surface area (Å²) in [5.41, 5.74) is 4.25. The van der Waals surface area contributed by atoms with Gasteiger partial charge < -0.3 is 19.7 Å². The summed E-state index contributed by atoms with van der Waals surface area (Å²) in [4.78, 5) is 30.6. The number of aryl methyl sites for hydroxylation is 3. The minimum atomic E-state index is -0.164. The van der Waals surface area contributed by atoms with Gasteiger partial charge in [0.1, 0.15) is 6.54 Å². The molecule has 172 valence electrons. The number of carbonyl (C=O) groups is 2. The molecule has 6 nitrogen and oxygen atoms in total. The Balaban J connectivity index is 1.50. The van der Waals surface area contributed by atoms with Crippen LogP contribution in [0, 0.1) is 13.8 Å². The zero-order valence-electron chi connectivity index (χ0n) is 19.6. The van der Waals surface area contributed by atoms with Crippen molar-refractivity contribution in [1.82, 2.24) is 14.4 Å². The van der Waals surface area contributed by atoms with Crippen molar-refractivity contribution >= 4 is 17.6 Å². The van der Waals surface area contributed by atoms with Gasteiger partial charge in [0.25, 0.3) is 0 Å². The molecule has 2 saturated carbocycles. The number of hydrogen-bond donors (Lipinski definition) is 1. The second kappa shape index (κ2) is 9.80. The topological polar surface area (TPSA) is 57.6 Å². The summed E-state index contributed by atoms with van der Waals surface area (Å²) in [5, 5.41) is 3.06. The molecule has 0 unspecified atom stereocenters. The maximum absolute atomic E-state index is 13.5. The molecule has 2 aromatic rings. The lowest BCUT2D eigenvalue weighted by molar-refractivity contribution is -0.133. The molecule has 2 fully saturated rings. The molecule has 0 atom stereocenters. The van der Waals surface area contributed by atoms with E-state index in [0.29, 0.717) is 12.6 Å². The van der Waals surface area contributed by atoms with Gasteiger partial charge in [-0.1, -0.05) is 25.3 Å². The van der Waals surface area contributed by atoms with Crippen LogP contribution in [0.3, 0.4) is 0 Å². The molecule has 0 bridgehead atoms. The Bertz CT molecular complexity index is 956. The molecule has 1 N–H and O–H groups in total. The van der Waals surface area contributed by atoms with E-state index < -0.39 is 0 Å². The number of hydrogen-bond acceptors (Lipinski definition) is 2. The van der Waals surface area contributed by atoms with Crippen molar-refractivity contribution in [3.05, 3.63) is 53.3 Å². The third-order valence-corrected chi connectivity index (χ3v) is 7.03. The lowest BCUT2D eigenvalue weighted by atomic mass is 9.94. The number of carbonyl (C=O) groups excluding carboxylic acids is 2. The highest BCUT2D eigenvalue weighted by molar-refractivity contribution is 5.92. The molecule has 1 aromatic heterocycles. The first kappa shape index (κ1) is 22.4. The Morgan fingerprint density at radius 3 is 2.31 bits per heavy atom. The van der Waals surface area contributed by atoms with E-state index in [9.17, 15) is 9.59 Å². The maximum Gasteiger partial charge on any atom is 0.322 e. The largest absolute Gasteiger partial charge is 0.353 e. The highest BCUT2D eigenvalue weighted by Gasteiger charge is 2.36. The fraction of sp³-hybridized carbons (Fsp3) is 0.538. The normalized spacial score (nSPS) is 16.6. The van der Waals surface area contributed by atoms with Crippen LogP contribution in [-0.4, -0.2) is 44.9 Å². The number of nitrogens with zero attached hydrogens (tertiary/aromatic N) is 3. The van der Waals surface area contributed by atoms with E-state index in [0.717, 1.165) is 55.5 Å². The van der Waals surface area contributed by atoms with Gasteiger partial charge in [-0.2, -0.15) is 0 Å². The van der Waals surface area contributed by atoms with E-state index >= 15 is 0 Å². The van der Waals surface area contributed by atoms with E-state index in [4.69, 9.17) is 0 Å². The van der Waals surface area contributed by atoms with Crippen LogP contribution in [0.25, 0.3) is 0 Å². The minimum absolute atomic E-state index is 0.0505. The SMILES string of the molecule is Cc1ccc(NC(=O)N(CC(=O)N(Cc2cccn2C)C2CC2)C2CCCCC2)cc1C. The second-order valence-corrected chi connectivity index (χ2v) is 9.51. The molecule has 0 aliphatic heterocycles. The first-order chi connectivity index (χ1) is 15.4. The Morgan fingerprint density at radius 1 is 0.969 bits per heavy atom. The first-order valence-corrected chi connectivity index (χ1v) is 12.0. The molecule has 4 rings (SSSR count). The molecule has 0 radical (unpaired) electrons. The Morgan fingerprint density at radius 2 is 1.69 bits per heavy atom. The van der Waals surface area contributed by atoms with Crippen LogP contribution in [0.4, 0.5) is 10.5 Å². The van der Waals surface area contributed by atoms with Gasteiger partial charge in [0.15, 0.2) is 0 Å². The Labute approximate surface area is 191 Å². The molecule has 2 aliphatic carbocycles. The lowest BCUT2D eigenvalue weighted by Crippen LogP contribution is -2.50. The second-order valence-electron chi connectivity index (χ2n) is 9.51. The predicted octanol–water partition coefficient (Wildman–Crippen LogP) is 5.00. The number of nitrogens with one attached hydrogen (secondary N) is 1. The maximum atomic E-state index is 13.5. The summed E-state index contributed by atoms with van der Waals surface area (Å²) in [5.74, 6) is 0.0505. The summed E-state index contributed by atoms with van der Waals surface area (Å²) in [6, 6.07) is 10.3. The van der Waals surface area contributed by atoms with Gasteiger partial charge in [-0.3, -0.25) is 4.79 Å². The fourth-order valence-electron chi connectivity index (χ4n) is 4.65. The van der Waals surface area contributed by atoms with Crippen molar-refractivity contribution in [3.8, 4) is 0 Å². The number of aromatic nitrogens is 1. The summed E-state index contributed by atoms with van der Waals surface area (Å²) in [7, 11) is 2.01. The van der Waals surface area contributed by atoms with E-state index in [1.165, 1.54) is 12.0 Å². The van der Waals surface area contributed by atoms with Crippen LogP contribution in [-0.2, 0) is 18.4 Å². The van der Waals surface area contributed by atoms with Crippen molar-refractivity contribution in [2.24, 2.45) is 7.05 Å². The quantitative estimate of drug-likeness (QED) is 0.664. The van der Waals surface area contributed by atoms with Crippen LogP contribution in [0.1, 0.15) is 61.8 Å². The van der Waals surface area contributed by atoms with Crippen LogP contribution < -0.4 is 5.32 Å². The van der Waals surface area contributed by atoms with Crippen molar-refractivity contribution in [3.63, 3.8) is 0 Å². The van der Waals surface area contributed by atoms with E-state index in [2.05, 4.69) is 22.9 Å². The number of amides is 3. The zero-order valence-corrected chi connectivity index (χ0v) is 19.6. The molecule has 1 aromatic carbocycles. The molecule has 6 heteroatoms. The van der Waals surface area contributed by atoms with Gasteiger partial charge in [0, 0.05) is 36.7 Å². The van der Waals surface area contributed by atoms with Crippen LogP contribution in [0.15, 0.2) is 36.5 Å². The molecule has 0 saturated heterocycles. The minimum Gasteiger partial charge on any atom is -0.353 e. The van der Waals surface area contributed by atoms with Crippen molar-refractivity contribution in [2.75, 3.05) is 11.9 Å². The average molecular weight is 437 g/mol. The Kier molecular flexibility index (Phi) is 6.87. The number of benzene rings is 1. The van der Waals surface area contributed by atoms with Crippen molar-refractivity contribution in [2.45, 2.75) is 77.4 Å². The van der Waals surface area contributed by atoms with Gasteiger partial charge in [-0.25, -0.2) is 4.79 Å². The van der Waals surface area contributed by atoms with E-state index in [-0.39, 0.29) is 24.5 Å². The standard InChI is InChI=1S/C26H36N4O2/c1-19-11-12-21(16-20(19)2)27-26(32)30(22-8-5-4-6-9-22)18-25(31)29(23-13-14-23)17-24-10-7-15-28(24)3/h7,10-12,15-16,22-23H,4-6,8-9,13-14,17-18H2,1-3H3,(H,27,32). The zero-order chi connectivity index (χ0) is 22.7. The molecule has 0 spiro atoms. The van der Waals surface area contributed by atoms with E-state index in [1.807, 2.05) is 49.3 Å². The van der Waals surface area contributed by atoms with Crippen molar-refractivity contribution < 1.29 is 9.59 Å². The number of urea groups is 1. The van der Waals surface area contributed by atoms with Crippen LogP contribution in [0.5, 0.6) is 0 Å². The van der Waals surface area contributed by atoms with Gasteiger partial charge in [0.2, 0.25) is 5.91 Å². The highest BCUT2D eigenvalue weighted by atomic mass is 16.2. The Hall–Kier alpha value is -2.76. The molecular formula is C26H36N4O2. The van der Waals surface area contributed by atoms with Crippen LogP contribution >= 0.6 is 0 Å². The number of rotatable bonds is 7. The smallest absolute Gasteiger partial charge is 0.322 e. The average Bonchev–Trinajstić information content (AvgIpc) is 3.54. The van der Waals surface area contributed by atoms with Gasteiger partial charge in [-0.05, 0) is 74.9 Å². The van der Waals surface area contributed by atoms with Gasteiger partial charge in [0.05, 0.1) is 6.54 Å². The fourth-order valence-corrected chi connectivity index (χ4v) is 4.65. The van der Waals surface area contributed by atoms with Gasteiger partial charge in [-0.15, -0.1) is 0 Å². The molecule has 32 heavy (non-hydrogen) atoms. The summed E-state index contributed by atoms with van der Waals surface area (Å²) in [6.45, 7) is 4.85.